The lowest BCUT2D eigenvalue weighted by molar-refractivity contribution is -0.137. The predicted octanol–water partition coefficient (Wildman–Crippen LogP) is 4.93. The Hall–Kier alpha value is -2.63. The van der Waals surface area contributed by atoms with E-state index in [9.17, 15) is 18.0 Å². The highest BCUT2D eigenvalue weighted by molar-refractivity contribution is 6.16. The van der Waals surface area contributed by atoms with Crippen molar-refractivity contribution >= 4 is 22.9 Å². The fourth-order valence-electron chi connectivity index (χ4n) is 2.41. The SMILES string of the molecule is C=C(C)/C=C(\N=CC)C(=O)c1cn(C)c2cc(C(F)(F)F)ccc12. The molecule has 2 rings (SSSR count). The highest BCUT2D eigenvalue weighted by Gasteiger charge is 2.31. The van der Waals surface area contributed by atoms with Crippen molar-refractivity contribution in [2.24, 2.45) is 12.0 Å². The molecule has 0 fully saturated rings. The number of benzene rings is 1. The molecule has 0 amide bonds. The standard InChI is InChI=1S/C18H17F3N2O/c1-5-22-15(8-11(2)3)17(24)14-10-23(4)16-9-12(18(19,20)21)6-7-13(14)16/h5-10H,2H2,1,3-4H3/b15-8-,22-5?. The topological polar surface area (TPSA) is 34.4 Å². The first-order valence-electron chi connectivity index (χ1n) is 7.22. The van der Waals surface area contributed by atoms with E-state index >= 15 is 0 Å². The zero-order valence-corrected chi connectivity index (χ0v) is 13.6. The van der Waals surface area contributed by atoms with E-state index in [2.05, 4.69) is 11.6 Å². The van der Waals surface area contributed by atoms with E-state index < -0.39 is 11.7 Å². The number of aromatic nitrogens is 1. The van der Waals surface area contributed by atoms with Crippen molar-refractivity contribution in [1.29, 1.82) is 0 Å². The quantitative estimate of drug-likeness (QED) is 0.338. The number of alkyl halides is 3. The molecule has 1 aromatic heterocycles. The molecule has 0 atom stereocenters. The largest absolute Gasteiger partial charge is 0.416 e. The van der Waals surface area contributed by atoms with Crippen LogP contribution in [0.1, 0.15) is 29.8 Å². The van der Waals surface area contributed by atoms with Crippen LogP contribution in [0, 0.1) is 0 Å². The Labute approximate surface area is 137 Å². The van der Waals surface area contributed by atoms with Gasteiger partial charge in [-0.2, -0.15) is 13.2 Å². The molecule has 0 saturated carbocycles. The summed E-state index contributed by atoms with van der Waals surface area (Å²) in [5, 5.41) is 0.453. The van der Waals surface area contributed by atoms with Crippen LogP contribution in [0.2, 0.25) is 0 Å². The number of nitrogens with zero attached hydrogens (tertiary/aromatic N) is 2. The molecule has 0 aliphatic rings. The Morgan fingerprint density at radius 1 is 1.33 bits per heavy atom. The van der Waals surface area contributed by atoms with Gasteiger partial charge in [0.05, 0.1) is 5.56 Å². The number of hydrogen-bond acceptors (Lipinski definition) is 2. The molecule has 2 aromatic rings. The number of aliphatic imine (C=N–C) groups is 1. The number of fused-ring (bicyclic) bond motifs is 1. The Morgan fingerprint density at radius 2 is 2.00 bits per heavy atom. The summed E-state index contributed by atoms with van der Waals surface area (Å²) in [5.41, 5.74) is 0.739. The summed E-state index contributed by atoms with van der Waals surface area (Å²) in [4.78, 5) is 16.8. The molecule has 0 N–H and O–H groups in total. The van der Waals surface area contributed by atoms with Crippen molar-refractivity contribution in [3.8, 4) is 0 Å². The van der Waals surface area contributed by atoms with Gasteiger partial charge in [0.1, 0.15) is 5.70 Å². The van der Waals surface area contributed by atoms with Crippen LogP contribution in [-0.4, -0.2) is 16.6 Å². The molecular weight excluding hydrogens is 317 g/mol. The molecule has 3 nitrogen and oxygen atoms in total. The Kier molecular flexibility index (Phi) is 4.78. The normalized spacial score (nSPS) is 13.0. The molecule has 0 spiro atoms. The summed E-state index contributed by atoms with van der Waals surface area (Å²) in [6, 6.07) is 3.33. The van der Waals surface area contributed by atoms with E-state index in [0.717, 1.165) is 12.1 Å². The zero-order valence-electron chi connectivity index (χ0n) is 13.6. The van der Waals surface area contributed by atoms with Gasteiger partial charge in [0.2, 0.25) is 5.78 Å². The van der Waals surface area contributed by atoms with Crippen molar-refractivity contribution in [2.75, 3.05) is 0 Å². The van der Waals surface area contributed by atoms with Gasteiger partial charge in [-0.3, -0.25) is 9.79 Å². The van der Waals surface area contributed by atoms with Crippen LogP contribution in [0.25, 0.3) is 10.9 Å². The van der Waals surface area contributed by atoms with Crippen molar-refractivity contribution in [3.05, 3.63) is 59.4 Å². The number of carbonyl (C=O) groups excluding carboxylic acids is 1. The van der Waals surface area contributed by atoms with Gasteiger partial charge in [-0.1, -0.05) is 18.2 Å². The average molecular weight is 334 g/mol. The van der Waals surface area contributed by atoms with Crippen LogP contribution in [0.3, 0.4) is 0 Å². The van der Waals surface area contributed by atoms with Crippen LogP contribution in [0.15, 0.2) is 53.3 Å². The molecule has 0 bridgehead atoms. The van der Waals surface area contributed by atoms with Crippen LogP contribution >= 0.6 is 0 Å². The third-order valence-electron chi connectivity index (χ3n) is 3.45. The number of ketones is 1. The van der Waals surface area contributed by atoms with Gasteiger partial charge in [-0.05, 0) is 32.1 Å². The summed E-state index contributed by atoms with van der Waals surface area (Å²) in [6.07, 6.45) is 0.121. The molecule has 24 heavy (non-hydrogen) atoms. The fraction of sp³-hybridized carbons (Fsp3) is 0.222. The van der Waals surface area contributed by atoms with Gasteiger partial charge < -0.3 is 4.57 Å². The minimum absolute atomic E-state index is 0.192. The second kappa shape index (κ2) is 6.47. The lowest BCUT2D eigenvalue weighted by atomic mass is 10.0. The van der Waals surface area contributed by atoms with Gasteiger partial charge in [-0.25, -0.2) is 0 Å². The summed E-state index contributed by atoms with van der Waals surface area (Å²) >= 11 is 0. The second-order valence-corrected chi connectivity index (χ2v) is 5.48. The number of rotatable bonds is 4. The molecule has 1 aromatic carbocycles. The summed E-state index contributed by atoms with van der Waals surface area (Å²) in [5.74, 6) is -0.360. The highest BCUT2D eigenvalue weighted by Crippen LogP contribution is 2.33. The van der Waals surface area contributed by atoms with E-state index in [-0.39, 0.29) is 11.5 Å². The molecule has 0 unspecified atom stereocenters. The average Bonchev–Trinajstić information content (AvgIpc) is 2.81. The van der Waals surface area contributed by atoms with Gasteiger partial charge in [-0.15, -0.1) is 0 Å². The Bertz CT molecular complexity index is 870. The third kappa shape index (κ3) is 3.48. The van der Waals surface area contributed by atoms with Crippen LogP contribution < -0.4 is 0 Å². The lowest BCUT2D eigenvalue weighted by Crippen LogP contribution is -2.05. The highest BCUT2D eigenvalue weighted by atomic mass is 19.4. The molecule has 0 radical (unpaired) electrons. The second-order valence-electron chi connectivity index (χ2n) is 5.48. The minimum Gasteiger partial charge on any atom is -0.350 e. The molecule has 0 aliphatic carbocycles. The van der Waals surface area contributed by atoms with E-state index in [1.165, 1.54) is 23.0 Å². The predicted molar refractivity (Wildman–Crippen MR) is 89.3 cm³/mol. The number of aryl methyl sites for hydroxylation is 1. The van der Waals surface area contributed by atoms with E-state index in [1.54, 1.807) is 27.0 Å². The first kappa shape index (κ1) is 17.7. The number of carbonyl (C=O) groups is 1. The molecule has 126 valence electrons. The zero-order chi connectivity index (χ0) is 18.1. The van der Waals surface area contributed by atoms with Crippen molar-refractivity contribution in [3.63, 3.8) is 0 Å². The van der Waals surface area contributed by atoms with Crippen LogP contribution in [-0.2, 0) is 13.2 Å². The van der Waals surface area contributed by atoms with E-state index in [4.69, 9.17) is 0 Å². The smallest absolute Gasteiger partial charge is 0.350 e. The van der Waals surface area contributed by atoms with Crippen LogP contribution in [0.5, 0.6) is 0 Å². The molecular formula is C18H17F3N2O. The Balaban J connectivity index is 2.61. The van der Waals surface area contributed by atoms with Gasteiger partial charge in [0, 0.05) is 35.9 Å². The first-order chi connectivity index (χ1) is 11.1. The van der Waals surface area contributed by atoms with Crippen molar-refractivity contribution in [2.45, 2.75) is 20.0 Å². The number of Topliss-reactive ketones (excluding diaryl/α,β-unsaturated/α-hetero) is 1. The minimum atomic E-state index is -4.43. The van der Waals surface area contributed by atoms with Crippen molar-refractivity contribution in [1.82, 2.24) is 4.57 Å². The van der Waals surface area contributed by atoms with Crippen LogP contribution in [0.4, 0.5) is 13.2 Å². The third-order valence-corrected chi connectivity index (χ3v) is 3.45. The summed E-state index contributed by atoms with van der Waals surface area (Å²) in [7, 11) is 1.60. The molecule has 1 heterocycles. The lowest BCUT2D eigenvalue weighted by Gasteiger charge is -2.07. The van der Waals surface area contributed by atoms with Gasteiger partial charge in [0.15, 0.2) is 0 Å². The van der Waals surface area contributed by atoms with E-state index in [1.807, 2.05) is 0 Å². The van der Waals surface area contributed by atoms with Crippen molar-refractivity contribution < 1.29 is 18.0 Å². The van der Waals surface area contributed by atoms with Gasteiger partial charge in [0.25, 0.3) is 0 Å². The molecule has 6 heteroatoms. The molecule has 0 saturated heterocycles. The van der Waals surface area contributed by atoms with E-state index in [0.29, 0.717) is 22.0 Å². The maximum absolute atomic E-state index is 12.9. The Morgan fingerprint density at radius 3 is 2.54 bits per heavy atom. The maximum Gasteiger partial charge on any atom is 0.416 e. The first-order valence-corrected chi connectivity index (χ1v) is 7.22. The number of hydrogen-bond donors (Lipinski definition) is 0. The monoisotopic (exact) mass is 334 g/mol. The summed E-state index contributed by atoms with van der Waals surface area (Å²) in [6.45, 7) is 7.14. The maximum atomic E-state index is 12.9. The fourth-order valence-corrected chi connectivity index (χ4v) is 2.41. The number of halogens is 3. The van der Waals surface area contributed by atoms with Gasteiger partial charge >= 0.3 is 6.18 Å². The molecule has 0 aliphatic heterocycles. The summed E-state index contributed by atoms with van der Waals surface area (Å²) < 4.78 is 40.1. The number of allylic oxidation sites excluding steroid dienone is 3.